The lowest BCUT2D eigenvalue weighted by Gasteiger charge is -2.29. The zero-order valence-corrected chi connectivity index (χ0v) is 18.8. The van der Waals surface area contributed by atoms with Crippen molar-refractivity contribution in [2.75, 3.05) is 30.2 Å². The van der Waals surface area contributed by atoms with E-state index in [2.05, 4.69) is 14.7 Å². The van der Waals surface area contributed by atoms with E-state index >= 15 is 0 Å². The van der Waals surface area contributed by atoms with Crippen LogP contribution in [0.3, 0.4) is 0 Å². The smallest absolute Gasteiger partial charge is 0.313 e. The summed E-state index contributed by atoms with van der Waals surface area (Å²) in [5, 5.41) is 11.3. The van der Waals surface area contributed by atoms with Crippen LogP contribution in [0.1, 0.15) is 18.4 Å². The van der Waals surface area contributed by atoms with Crippen LogP contribution in [0.4, 0.5) is 21.5 Å². The minimum absolute atomic E-state index is 0.110. The first-order valence-electron chi connectivity index (χ1n) is 10.00. The van der Waals surface area contributed by atoms with Gasteiger partial charge >= 0.3 is 5.69 Å². The normalized spacial score (nSPS) is 14.8. The second-order valence-electron chi connectivity index (χ2n) is 7.27. The average molecular weight is 496 g/mol. The summed E-state index contributed by atoms with van der Waals surface area (Å²) in [5.41, 5.74) is 0.825. The number of sulfonamides is 1. The molecule has 0 aromatic heterocycles. The van der Waals surface area contributed by atoms with E-state index in [-0.39, 0.29) is 28.6 Å². The topological polar surface area (TPSA) is 126 Å². The van der Waals surface area contributed by atoms with Crippen LogP contribution >= 0.6 is 11.6 Å². The van der Waals surface area contributed by atoms with Gasteiger partial charge in [0.1, 0.15) is 16.6 Å². The zero-order valence-electron chi connectivity index (χ0n) is 17.2. The van der Waals surface area contributed by atoms with Crippen molar-refractivity contribution in [3.05, 3.63) is 51.0 Å². The molecule has 0 saturated carbocycles. The van der Waals surface area contributed by atoms with Crippen LogP contribution in [-0.4, -0.2) is 55.9 Å². The summed E-state index contributed by atoms with van der Waals surface area (Å²) in [6.45, 7) is 0.648. The number of alkyl halides is 1. The first-order chi connectivity index (χ1) is 15.8. The second kappa shape index (κ2) is 9.32. The van der Waals surface area contributed by atoms with Crippen molar-refractivity contribution in [3.63, 3.8) is 0 Å². The van der Waals surface area contributed by atoms with Gasteiger partial charge in [-0.25, -0.2) is 13.4 Å². The van der Waals surface area contributed by atoms with E-state index in [0.717, 1.165) is 30.9 Å². The standard InChI is InChI=1S/C20H19ClFN5O5S/c21-18-16(25-33(30,31)10-1-7-22)5-6-17(27(28)29)19(18)32-13-3-4-15-14(11-13)20-23-8-2-9-26(20)12-24-15/h3-6,11-12,25H,1-2,7-10H2. The van der Waals surface area contributed by atoms with Gasteiger partial charge in [0, 0.05) is 24.7 Å². The number of nitrogens with one attached hydrogen (secondary N) is 1. The minimum Gasteiger partial charge on any atom is -0.448 e. The lowest BCUT2D eigenvalue weighted by molar-refractivity contribution is -0.385. The molecule has 1 N–H and O–H groups in total. The molecule has 13 heteroatoms. The fourth-order valence-electron chi connectivity index (χ4n) is 3.42. The Bertz CT molecular complexity index is 1270. The predicted molar refractivity (Wildman–Crippen MR) is 124 cm³/mol. The molecule has 0 bridgehead atoms. The lowest BCUT2D eigenvalue weighted by Crippen LogP contribution is -2.36. The van der Waals surface area contributed by atoms with E-state index in [1.807, 2.05) is 4.90 Å². The number of nitro groups is 1. The molecule has 0 fully saturated rings. The molecule has 2 heterocycles. The highest BCUT2D eigenvalue weighted by Crippen LogP contribution is 2.43. The number of anilines is 1. The molecule has 2 aliphatic rings. The highest BCUT2D eigenvalue weighted by molar-refractivity contribution is 7.92. The monoisotopic (exact) mass is 495 g/mol. The molecule has 2 aromatic carbocycles. The molecule has 2 aliphatic heterocycles. The van der Waals surface area contributed by atoms with Gasteiger partial charge in [-0.15, -0.1) is 0 Å². The van der Waals surface area contributed by atoms with Crippen LogP contribution < -0.4 is 9.46 Å². The molecule has 0 aliphatic carbocycles. The number of benzene rings is 2. The van der Waals surface area contributed by atoms with Crippen LogP contribution in [0, 0.1) is 10.1 Å². The number of fused-ring (bicyclic) bond motifs is 3. The van der Waals surface area contributed by atoms with Gasteiger partial charge in [-0.1, -0.05) is 11.6 Å². The van der Waals surface area contributed by atoms with Crippen LogP contribution in [-0.2, 0) is 10.0 Å². The summed E-state index contributed by atoms with van der Waals surface area (Å²) >= 11 is 6.32. The van der Waals surface area contributed by atoms with E-state index in [1.165, 1.54) is 0 Å². The Morgan fingerprint density at radius 1 is 1.30 bits per heavy atom. The van der Waals surface area contributed by atoms with Gasteiger partial charge in [0.05, 0.1) is 35.1 Å². The number of rotatable bonds is 8. The Labute approximate surface area is 193 Å². The fraction of sp³-hybridized carbons (Fsp3) is 0.300. The number of amidine groups is 1. The highest BCUT2D eigenvalue weighted by atomic mass is 35.5. The third-order valence-electron chi connectivity index (χ3n) is 4.94. The molecule has 0 radical (unpaired) electrons. The number of aliphatic imine (C=N–C) groups is 2. The van der Waals surface area contributed by atoms with Gasteiger partial charge in [-0.3, -0.25) is 24.2 Å². The average Bonchev–Trinajstić information content (AvgIpc) is 2.80. The van der Waals surface area contributed by atoms with E-state index in [4.69, 9.17) is 16.3 Å². The van der Waals surface area contributed by atoms with E-state index in [1.54, 1.807) is 24.5 Å². The molecule has 174 valence electrons. The Morgan fingerprint density at radius 3 is 2.88 bits per heavy atom. The zero-order chi connectivity index (χ0) is 23.6. The summed E-state index contributed by atoms with van der Waals surface area (Å²) in [5.74, 6) is 0.180. The number of ether oxygens (including phenoxy) is 1. The Kier molecular flexibility index (Phi) is 6.47. The summed E-state index contributed by atoms with van der Waals surface area (Å²) < 4.78 is 44.7. The maximum absolute atomic E-state index is 12.4. The first kappa shape index (κ1) is 22.9. The second-order valence-corrected chi connectivity index (χ2v) is 9.49. The third-order valence-corrected chi connectivity index (χ3v) is 6.67. The molecular weight excluding hydrogens is 477 g/mol. The molecule has 0 spiro atoms. The largest absolute Gasteiger partial charge is 0.448 e. The van der Waals surface area contributed by atoms with Crippen LogP contribution in [0.25, 0.3) is 0 Å². The Hall–Kier alpha value is -3.25. The summed E-state index contributed by atoms with van der Waals surface area (Å²) in [6, 6.07) is 7.17. The summed E-state index contributed by atoms with van der Waals surface area (Å²) in [6.07, 6.45) is 2.42. The first-order valence-corrected chi connectivity index (χ1v) is 12.0. The molecule has 0 unspecified atom stereocenters. The number of halogens is 2. The lowest BCUT2D eigenvalue weighted by atomic mass is 10.1. The van der Waals surface area contributed by atoms with Crippen LogP contribution in [0.15, 0.2) is 40.3 Å². The van der Waals surface area contributed by atoms with Crippen molar-refractivity contribution in [1.82, 2.24) is 4.90 Å². The molecule has 33 heavy (non-hydrogen) atoms. The molecule has 4 rings (SSSR count). The number of hydrogen-bond acceptors (Lipinski definition) is 8. The number of nitro benzene ring substituents is 1. The Morgan fingerprint density at radius 2 is 2.12 bits per heavy atom. The van der Waals surface area contributed by atoms with Gasteiger partial charge in [0.25, 0.3) is 0 Å². The van der Waals surface area contributed by atoms with Crippen molar-refractivity contribution in [2.24, 2.45) is 9.98 Å². The van der Waals surface area contributed by atoms with Crippen molar-refractivity contribution < 1.29 is 22.5 Å². The van der Waals surface area contributed by atoms with Gasteiger partial charge in [0.2, 0.25) is 15.8 Å². The molecule has 0 atom stereocenters. The van der Waals surface area contributed by atoms with Gasteiger partial charge in [0.15, 0.2) is 0 Å². The number of hydrogen-bond donors (Lipinski definition) is 1. The third kappa shape index (κ3) is 4.91. The van der Waals surface area contributed by atoms with Crippen molar-refractivity contribution >= 4 is 50.9 Å². The van der Waals surface area contributed by atoms with Crippen molar-refractivity contribution in [2.45, 2.75) is 12.8 Å². The molecule has 10 nitrogen and oxygen atoms in total. The predicted octanol–water partition coefficient (Wildman–Crippen LogP) is 4.27. The maximum Gasteiger partial charge on any atom is 0.313 e. The van der Waals surface area contributed by atoms with Crippen molar-refractivity contribution in [1.29, 1.82) is 0 Å². The van der Waals surface area contributed by atoms with E-state index in [0.29, 0.717) is 17.8 Å². The van der Waals surface area contributed by atoms with E-state index in [9.17, 15) is 22.9 Å². The van der Waals surface area contributed by atoms with Crippen LogP contribution in [0.5, 0.6) is 11.5 Å². The summed E-state index contributed by atoms with van der Waals surface area (Å²) in [7, 11) is -3.90. The Balaban J connectivity index is 1.70. The van der Waals surface area contributed by atoms with Crippen LogP contribution in [0.2, 0.25) is 5.02 Å². The molecule has 2 aromatic rings. The molecule has 0 amide bonds. The quantitative estimate of drug-likeness (QED) is 0.430. The van der Waals surface area contributed by atoms with Gasteiger partial charge in [-0.2, -0.15) is 0 Å². The van der Waals surface area contributed by atoms with Gasteiger partial charge < -0.3 is 9.64 Å². The SMILES string of the molecule is O=[N+]([O-])c1ccc(NS(=O)(=O)CCCF)c(Cl)c1Oc1ccc2c(c1)C1=NCCCN1C=N2. The van der Waals surface area contributed by atoms with E-state index < -0.39 is 33.1 Å². The van der Waals surface area contributed by atoms with Crippen molar-refractivity contribution in [3.8, 4) is 11.5 Å². The molecular formula is C20H19ClFN5O5S. The maximum atomic E-state index is 12.4. The highest BCUT2D eigenvalue weighted by Gasteiger charge is 2.26. The molecule has 0 saturated heterocycles. The van der Waals surface area contributed by atoms with Gasteiger partial charge in [-0.05, 0) is 37.1 Å². The number of nitrogens with zero attached hydrogens (tertiary/aromatic N) is 4. The fourth-order valence-corrected chi connectivity index (χ4v) is 4.82. The summed E-state index contributed by atoms with van der Waals surface area (Å²) in [4.78, 5) is 21.7. The minimum atomic E-state index is -3.90.